The lowest BCUT2D eigenvalue weighted by molar-refractivity contribution is -0.132. The van der Waals surface area contributed by atoms with Crippen molar-refractivity contribution in [2.75, 3.05) is 18.1 Å². The molecule has 5 N–H and O–H groups in total. The first kappa shape index (κ1) is 36.7. The highest BCUT2D eigenvalue weighted by molar-refractivity contribution is 7.91. The van der Waals surface area contributed by atoms with E-state index in [-0.39, 0.29) is 22.8 Å². The van der Waals surface area contributed by atoms with Crippen LogP contribution in [0.5, 0.6) is 0 Å². The van der Waals surface area contributed by atoms with Crippen LogP contribution in [0.3, 0.4) is 0 Å². The number of carbonyl (C=O) groups excluding carboxylic acids is 3. The van der Waals surface area contributed by atoms with Crippen molar-refractivity contribution < 1.29 is 41.8 Å². The molecule has 1 heterocycles. The largest absolute Gasteiger partial charge is 0.390 e. The Kier molecular flexibility index (Phi) is 14.3. The lowest BCUT2D eigenvalue weighted by Gasteiger charge is -2.32. The van der Waals surface area contributed by atoms with Crippen molar-refractivity contribution >= 4 is 27.6 Å². The van der Waals surface area contributed by atoms with Crippen molar-refractivity contribution in [3.8, 4) is 0 Å². The first-order valence-electron chi connectivity index (χ1n) is 14.4. The van der Waals surface area contributed by atoms with Crippen LogP contribution in [0.1, 0.15) is 56.5 Å². The summed E-state index contributed by atoms with van der Waals surface area (Å²) in [6.07, 6.45) is -0.472. The molecule has 0 fully saturated rings. The van der Waals surface area contributed by atoms with Crippen molar-refractivity contribution in [3.63, 3.8) is 0 Å². The Morgan fingerprint density at radius 3 is 2.20 bits per heavy atom. The molecular formula is C30H42F2N4O7S. The SMILES string of the molecule is CCCCS(=O)(=O)CC(NC(=O)c1cccnc1)C(=O)NC(Cc1cc(F)cc(F)c1)C(O)C(O)C(C)C(=O)NCC(C)C. The molecule has 0 saturated carbocycles. The van der Waals surface area contributed by atoms with Gasteiger partial charge < -0.3 is 26.2 Å². The third kappa shape index (κ3) is 11.9. The lowest BCUT2D eigenvalue weighted by atomic mass is 9.90. The third-order valence-electron chi connectivity index (χ3n) is 6.85. The molecule has 0 saturated heterocycles. The summed E-state index contributed by atoms with van der Waals surface area (Å²) in [5.41, 5.74) is 0.0576. The molecule has 5 atom stereocenters. The molecule has 14 heteroatoms. The molecule has 0 radical (unpaired) electrons. The number of pyridine rings is 1. The van der Waals surface area contributed by atoms with E-state index in [0.29, 0.717) is 25.5 Å². The van der Waals surface area contributed by atoms with E-state index in [1.165, 1.54) is 31.5 Å². The van der Waals surface area contributed by atoms with Gasteiger partial charge in [-0.3, -0.25) is 19.4 Å². The van der Waals surface area contributed by atoms with Crippen molar-refractivity contribution in [2.24, 2.45) is 11.8 Å². The van der Waals surface area contributed by atoms with E-state index in [4.69, 9.17) is 0 Å². The predicted octanol–water partition coefficient (Wildman–Crippen LogP) is 1.53. The number of hydrogen-bond acceptors (Lipinski definition) is 8. The molecule has 2 aromatic rings. The van der Waals surface area contributed by atoms with Crippen LogP contribution in [0.4, 0.5) is 8.78 Å². The van der Waals surface area contributed by atoms with Crippen molar-refractivity contribution in [1.29, 1.82) is 0 Å². The number of aromatic nitrogens is 1. The number of sulfone groups is 1. The number of nitrogens with zero attached hydrogens (tertiary/aromatic N) is 1. The maximum Gasteiger partial charge on any atom is 0.253 e. The molecule has 11 nitrogen and oxygen atoms in total. The Hall–Kier alpha value is -3.49. The number of benzene rings is 1. The van der Waals surface area contributed by atoms with Crippen LogP contribution in [-0.4, -0.2) is 83.7 Å². The first-order valence-corrected chi connectivity index (χ1v) is 16.3. The van der Waals surface area contributed by atoms with Gasteiger partial charge in [0, 0.05) is 25.0 Å². The number of amides is 3. The van der Waals surface area contributed by atoms with E-state index in [1.54, 1.807) is 6.92 Å². The van der Waals surface area contributed by atoms with Gasteiger partial charge >= 0.3 is 0 Å². The molecule has 0 spiro atoms. The Balaban J connectivity index is 2.41. The van der Waals surface area contributed by atoms with E-state index in [2.05, 4.69) is 20.9 Å². The minimum atomic E-state index is -3.85. The minimum absolute atomic E-state index is 0.00229. The van der Waals surface area contributed by atoms with E-state index < -0.39 is 81.6 Å². The number of carbonyl (C=O) groups is 3. The van der Waals surface area contributed by atoms with Crippen molar-refractivity contribution in [1.82, 2.24) is 20.9 Å². The van der Waals surface area contributed by atoms with Gasteiger partial charge in [0.15, 0.2) is 9.84 Å². The Morgan fingerprint density at radius 2 is 1.64 bits per heavy atom. The third-order valence-corrected chi connectivity index (χ3v) is 8.61. The summed E-state index contributed by atoms with van der Waals surface area (Å²) >= 11 is 0. The number of hydrogen-bond donors (Lipinski definition) is 5. The summed E-state index contributed by atoms with van der Waals surface area (Å²) in [4.78, 5) is 42.9. The first-order chi connectivity index (χ1) is 20.6. The Morgan fingerprint density at radius 1 is 0.977 bits per heavy atom. The number of unbranched alkanes of at least 4 members (excludes halogenated alkanes) is 1. The summed E-state index contributed by atoms with van der Waals surface area (Å²) in [7, 11) is -3.85. The molecule has 3 amide bonds. The van der Waals surface area contributed by atoms with Gasteiger partial charge in [0.05, 0.1) is 35.1 Å². The van der Waals surface area contributed by atoms with E-state index in [0.717, 1.165) is 12.1 Å². The monoisotopic (exact) mass is 640 g/mol. The predicted molar refractivity (Wildman–Crippen MR) is 160 cm³/mol. The fraction of sp³-hybridized carbons (Fsp3) is 0.533. The molecule has 1 aromatic carbocycles. The maximum absolute atomic E-state index is 14.0. The quantitative estimate of drug-likeness (QED) is 0.173. The second kappa shape index (κ2) is 17.1. The van der Waals surface area contributed by atoms with Gasteiger partial charge in [0.1, 0.15) is 23.8 Å². The summed E-state index contributed by atoms with van der Waals surface area (Å²) in [6, 6.07) is 2.35. The topological polar surface area (TPSA) is 175 Å². The molecule has 1 aromatic heterocycles. The zero-order chi connectivity index (χ0) is 33.0. The second-order valence-electron chi connectivity index (χ2n) is 11.2. The number of nitrogens with one attached hydrogen (secondary N) is 3. The fourth-order valence-electron chi connectivity index (χ4n) is 4.30. The number of aliphatic hydroxyl groups excluding tert-OH is 2. The molecule has 44 heavy (non-hydrogen) atoms. The Labute approximate surface area is 256 Å². The van der Waals surface area contributed by atoms with Gasteiger partial charge in [-0.05, 0) is 48.6 Å². The number of aliphatic hydroxyl groups is 2. The minimum Gasteiger partial charge on any atom is -0.390 e. The van der Waals surface area contributed by atoms with Crippen LogP contribution in [0.25, 0.3) is 0 Å². The number of halogens is 2. The summed E-state index contributed by atoms with van der Waals surface area (Å²) < 4.78 is 53.6. The van der Waals surface area contributed by atoms with Crippen molar-refractivity contribution in [3.05, 3.63) is 65.5 Å². The fourth-order valence-corrected chi connectivity index (χ4v) is 5.94. The molecular weight excluding hydrogens is 598 g/mol. The smallest absolute Gasteiger partial charge is 0.253 e. The molecule has 0 bridgehead atoms. The van der Waals surface area contributed by atoms with Gasteiger partial charge in [-0.2, -0.15) is 0 Å². The van der Waals surface area contributed by atoms with Gasteiger partial charge in [-0.1, -0.05) is 34.1 Å². The van der Waals surface area contributed by atoms with Crippen LogP contribution >= 0.6 is 0 Å². The lowest BCUT2D eigenvalue weighted by Crippen LogP contribution is -2.58. The van der Waals surface area contributed by atoms with Crippen LogP contribution in [-0.2, 0) is 25.8 Å². The molecule has 5 unspecified atom stereocenters. The zero-order valence-electron chi connectivity index (χ0n) is 25.3. The van der Waals surface area contributed by atoms with E-state index >= 15 is 0 Å². The molecule has 244 valence electrons. The maximum atomic E-state index is 14.0. The second-order valence-corrected chi connectivity index (χ2v) is 13.5. The van der Waals surface area contributed by atoms with Crippen LogP contribution in [0, 0.1) is 23.5 Å². The average molecular weight is 641 g/mol. The summed E-state index contributed by atoms with van der Waals surface area (Å²) in [5.74, 6) is -6.33. The zero-order valence-corrected chi connectivity index (χ0v) is 26.1. The standard InChI is InChI=1S/C30H42F2N4O7S/c1-5-6-10-44(42,43)17-25(36-29(40)21-8-7-9-33-16-21)30(41)35-24(13-20-11-22(31)14-23(32)12-20)27(38)26(37)19(4)28(39)34-15-18(2)3/h7-9,11-12,14,16,18-19,24-27,37-38H,5-6,10,13,15,17H2,1-4H3,(H,34,39)(H,35,41)(H,36,40). The number of rotatable bonds is 17. The summed E-state index contributed by atoms with van der Waals surface area (Å²) in [6.45, 7) is 7.19. The molecule has 0 aliphatic carbocycles. The van der Waals surface area contributed by atoms with E-state index in [9.17, 15) is 41.8 Å². The highest BCUT2D eigenvalue weighted by Gasteiger charge is 2.37. The van der Waals surface area contributed by atoms with Gasteiger partial charge in [-0.25, -0.2) is 17.2 Å². The van der Waals surface area contributed by atoms with Gasteiger partial charge in [-0.15, -0.1) is 0 Å². The highest BCUT2D eigenvalue weighted by Crippen LogP contribution is 2.17. The van der Waals surface area contributed by atoms with Crippen LogP contribution < -0.4 is 16.0 Å². The van der Waals surface area contributed by atoms with Gasteiger partial charge in [0.25, 0.3) is 5.91 Å². The van der Waals surface area contributed by atoms with Crippen molar-refractivity contribution in [2.45, 2.75) is 71.2 Å². The van der Waals surface area contributed by atoms with Gasteiger partial charge in [0.2, 0.25) is 11.8 Å². The summed E-state index contributed by atoms with van der Waals surface area (Å²) in [5, 5.41) is 29.6. The van der Waals surface area contributed by atoms with Crippen LogP contribution in [0.2, 0.25) is 0 Å². The highest BCUT2D eigenvalue weighted by atomic mass is 32.2. The molecule has 2 rings (SSSR count). The normalized spacial score (nSPS) is 15.1. The van der Waals surface area contributed by atoms with Crippen LogP contribution in [0.15, 0.2) is 42.7 Å². The average Bonchev–Trinajstić information content (AvgIpc) is 2.96. The molecule has 0 aliphatic rings. The van der Waals surface area contributed by atoms with E-state index in [1.807, 2.05) is 13.8 Å². The molecule has 0 aliphatic heterocycles. The Bertz CT molecular complexity index is 1340.